The topological polar surface area (TPSA) is 55.1 Å². The highest BCUT2D eigenvalue weighted by atomic mass is 16.4. The first kappa shape index (κ1) is 15.4. The van der Waals surface area contributed by atoms with Gasteiger partial charge in [0.25, 0.3) is 0 Å². The highest BCUT2D eigenvalue weighted by Gasteiger charge is 2.09. The molecule has 0 bridgehead atoms. The Hall–Kier alpha value is -2.53. The van der Waals surface area contributed by atoms with E-state index < -0.39 is 0 Å². The lowest BCUT2D eigenvalue weighted by atomic mass is 10.2. The van der Waals surface area contributed by atoms with Crippen LogP contribution in [-0.2, 0) is 19.4 Å². The molecule has 1 aromatic carbocycles. The van der Waals surface area contributed by atoms with Crippen LogP contribution < -0.4 is 0 Å². The molecule has 5 heteroatoms. The van der Waals surface area contributed by atoms with Crippen LogP contribution in [0.4, 0.5) is 0 Å². The van der Waals surface area contributed by atoms with Crippen LogP contribution in [0.3, 0.4) is 0 Å². The fourth-order valence-electron chi connectivity index (χ4n) is 2.37. The van der Waals surface area contributed by atoms with Crippen molar-refractivity contribution >= 4 is 0 Å². The van der Waals surface area contributed by atoms with E-state index in [2.05, 4.69) is 39.3 Å². The van der Waals surface area contributed by atoms with Crippen molar-refractivity contribution in [2.45, 2.75) is 19.4 Å². The van der Waals surface area contributed by atoms with E-state index in [4.69, 9.17) is 4.42 Å². The van der Waals surface area contributed by atoms with Gasteiger partial charge in [0.15, 0.2) is 0 Å². The molecule has 2 heterocycles. The van der Waals surface area contributed by atoms with E-state index in [1.807, 2.05) is 42.7 Å². The van der Waals surface area contributed by atoms with E-state index in [0.717, 1.165) is 13.0 Å². The molecule has 3 aromatic rings. The number of hydrogen-bond acceptors (Lipinski definition) is 5. The van der Waals surface area contributed by atoms with Gasteiger partial charge in [0.1, 0.15) is 0 Å². The van der Waals surface area contributed by atoms with Gasteiger partial charge in [-0.2, -0.15) is 0 Å². The van der Waals surface area contributed by atoms with Gasteiger partial charge in [-0.3, -0.25) is 9.88 Å². The van der Waals surface area contributed by atoms with E-state index in [9.17, 15) is 0 Å². The summed E-state index contributed by atoms with van der Waals surface area (Å²) in [7, 11) is 2.06. The lowest BCUT2D eigenvalue weighted by Gasteiger charge is -2.13. The molecule has 0 amide bonds. The molecule has 0 saturated carbocycles. The van der Waals surface area contributed by atoms with Gasteiger partial charge in [-0.05, 0) is 36.7 Å². The van der Waals surface area contributed by atoms with Crippen LogP contribution in [0.2, 0.25) is 0 Å². The molecule has 0 aliphatic heterocycles. The van der Waals surface area contributed by atoms with Crippen molar-refractivity contribution in [3.05, 3.63) is 77.8 Å². The number of benzene rings is 1. The average Bonchev–Trinajstić information content (AvgIpc) is 3.02. The maximum atomic E-state index is 5.74. The van der Waals surface area contributed by atoms with E-state index in [-0.39, 0.29) is 0 Å². The minimum atomic E-state index is 0.660. The molecule has 0 aliphatic rings. The second-order valence-corrected chi connectivity index (χ2v) is 5.60. The first-order valence-electron chi connectivity index (χ1n) is 7.72. The maximum Gasteiger partial charge on any atom is 0.230 e. The summed E-state index contributed by atoms with van der Waals surface area (Å²) >= 11 is 0. The molecular weight excluding hydrogens is 288 g/mol. The number of nitrogens with zero attached hydrogens (tertiary/aromatic N) is 4. The minimum Gasteiger partial charge on any atom is -0.424 e. The summed E-state index contributed by atoms with van der Waals surface area (Å²) < 4.78 is 5.74. The highest BCUT2D eigenvalue weighted by Crippen LogP contribution is 2.09. The predicted octanol–water partition coefficient (Wildman–Crippen LogP) is 2.73. The van der Waals surface area contributed by atoms with E-state index in [1.54, 1.807) is 0 Å². The van der Waals surface area contributed by atoms with Crippen molar-refractivity contribution < 1.29 is 4.42 Å². The van der Waals surface area contributed by atoms with Gasteiger partial charge < -0.3 is 4.42 Å². The Morgan fingerprint density at radius 1 is 0.913 bits per heavy atom. The van der Waals surface area contributed by atoms with Gasteiger partial charge in [0.2, 0.25) is 11.8 Å². The van der Waals surface area contributed by atoms with E-state index in [0.29, 0.717) is 24.7 Å². The SMILES string of the molecule is CN(CCc1ccncc1)Cc1nnc(Cc2ccccc2)o1. The van der Waals surface area contributed by atoms with Crippen LogP contribution in [-0.4, -0.2) is 33.7 Å². The molecular formula is C18H20N4O. The van der Waals surface area contributed by atoms with Crippen molar-refractivity contribution in [1.82, 2.24) is 20.1 Å². The number of likely N-dealkylation sites (N-methyl/N-ethyl adjacent to an activating group) is 1. The van der Waals surface area contributed by atoms with Crippen LogP contribution in [0.25, 0.3) is 0 Å². The molecule has 0 saturated heterocycles. The average molecular weight is 308 g/mol. The normalized spacial score (nSPS) is 11.0. The van der Waals surface area contributed by atoms with Crippen molar-refractivity contribution in [3.8, 4) is 0 Å². The molecule has 0 N–H and O–H groups in total. The van der Waals surface area contributed by atoms with Gasteiger partial charge in [0, 0.05) is 18.9 Å². The van der Waals surface area contributed by atoms with Crippen LogP contribution in [0.1, 0.15) is 22.9 Å². The summed E-state index contributed by atoms with van der Waals surface area (Å²) in [5.41, 5.74) is 2.45. The fraction of sp³-hybridized carbons (Fsp3) is 0.278. The van der Waals surface area contributed by atoms with Crippen molar-refractivity contribution in [2.24, 2.45) is 0 Å². The van der Waals surface area contributed by atoms with Crippen molar-refractivity contribution in [1.29, 1.82) is 0 Å². The Morgan fingerprint density at radius 2 is 1.65 bits per heavy atom. The third-order valence-corrected chi connectivity index (χ3v) is 3.64. The summed E-state index contributed by atoms with van der Waals surface area (Å²) in [6.45, 7) is 1.59. The second kappa shape index (κ2) is 7.65. The van der Waals surface area contributed by atoms with Gasteiger partial charge in [-0.25, -0.2) is 0 Å². The van der Waals surface area contributed by atoms with Crippen LogP contribution in [0.5, 0.6) is 0 Å². The van der Waals surface area contributed by atoms with Crippen LogP contribution in [0.15, 0.2) is 59.3 Å². The largest absolute Gasteiger partial charge is 0.424 e. The first-order chi connectivity index (χ1) is 11.3. The van der Waals surface area contributed by atoms with Crippen LogP contribution >= 0.6 is 0 Å². The molecule has 3 rings (SSSR count). The highest BCUT2D eigenvalue weighted by molar-refractivity contribution is 5.17. The van der Waals surface area contributed by atoms with Crippen molar-refractivity contribution in [3.63, 3.8) is 0 Å². The Bertz CT molecular complexity index is 712. The third kappa shape index (κ3) is 4.72. The molecule has 2 aromatic heterocycles. The Kier molecular flexibility index (Phi) is 5.11. The Morgan fingerprint density at radius 3 is 2.43 bits per heavy atom. The summed E-state index contributed by atoms with van der Waals surface area (Å²) in [5, 5.41) is 8.27. The summed E-state index contributed by atoms with van der Waals surface area (Å²) in [6.07, 6.45) is 5.30. The minimum absolute atomic E-state index is 0.660. The van der Waals surface area contributed by atoms with Crippen LogP contribution in [0, 0.1) is 0 Å². The number of hydrogen-bond donors (Lipinski definition) is 0. The van der Waals surface area contributed by atoms with E-state index in [1.165, 1.54) is 11.1 Å². The van der Waals surface area contributed by atoms with E-state index >= 15 is 0 Å². The smallest absolute Gasteiger partial charge is 0.230 e. The number of pyridine rings is 1. The zero-order valence-electron chi connectivity index (χ0n) is 13.2. The Labute approximate surface area is 136 Å². The molecule has 0 fully saturated rings. The predicted molar refractivity (Wildman–Crippen MR) is 87.8 cm³/mol. The molecule has 23 heavy (non-hydrogen) atoms. The van der Waals surface area contributed by atoms with Gasteiger partial charge in [0.05, 0.1) is 13.0 Å². The summed E-state index contributed by atoms with van der Waals surface area (Å²) in [5.74, 6) is 1.32. The molecule has 118 valence electrons. The quantitative estimate of drug-likeness (QED) is 0.672. The monoisotopic (exact) mass is 308 g/mol. The van der Waals surface area contributed by atoms with Gasteiger partial charge in [-0.15, -0.1) is 10.2 Å². The molecule has 0 spiro atoms. The van der Waals surface area contributed by atoms with Crippen molar-refractivity contribution in [2.75, 3.05) is 13.6 Å². The lowest BCUT2D eigenvalue weighted by Crippen LogP contribution is -2.20. The zero-order chi connectivity index (χ0) is 15.9. The number of rotatable bonds is 7. The first-order valence-corrected chi connectivity index (χ1v) is 7.72. The lowest BCUT2D eigenvalue weighted by molar-refractivity contribution is 0.288. The molecule has 0 atom stereocenters. The molecule has 0 aliphatic carbocycles. The molecule has 0 radical (unpaired) electrons. The number of aromatic nitrogens is 3. The standard InChI is InChI=1S/C18H20N4O/c1-22(12-9-15-7-10-19-11-8-15)14-18-21-20-17(23-18)13-16-5-3-2-4-6-16/h2-8,10-11H,9,12-14H2,1H3. The zero-order valence-corrected chi connectivity index (χ0v) is 13.2. The molecule has 0 unspecified atom stereocenters. The Balaban J connectivity index is 1.50. The fourth-order valence-corrected chi connectivity index (χ4v) is 2.37. The third-order valence-electron chi connectivity index (χ3n) is 3.64. The maximum absolute atomic E-state index is 5.74. The second-order valence-electron chi connectivity index (χ2n) is 5.60. The summed E-state index contributed by atoms with van der Waals surface area (Å²) in [6, 6.07) is 14.2. The summed E-state index contributed by atoms with van der Waals surface area (Å²) in [4.78, 5) is 6.21. The van der Waals surface area contributed by atoms with Gasteiger partial charge in [-0.1, -0.05) is 30.3 Å². The van der Waals surface area contributed by atoms with Gasteiger partial charge >= 0.3 is 0 Å². The molecule has 5 nitrogen and oxygen atoms in total.